The van der Waals surface area contributed by atoms with Crippen molar-refractivity contribution in [3.05, 3.63) is 17.5 Å². The van der Waals surface area contributed by atoms with Crippen LogP contribution in [0.3, 0.4) is 0 Å². The van der Waals surface area contributed by atoms with Gasteiger partial charge >= 0.3 is 0 Å². The molecule has 0 atom stereocenters. The zero-order valence-electron chi connectivity index (χ0n) is 14.2. The third-order valence-electron chi connectivity index (χ3n) is 3.83. The summed E-state index contributed by atoms with van der Waals surface area (Å²) in [7, 11) is 0. The van der Waals surface area contributed by atoms with E-state index in [1.54, 1.807) is 0 Å². The third-order valence-corrected chi connectivity index (χ3v) is 3.83. The Balaban J connectivity index is 2.05. The molecular weight excluding hydrogens is 260 g/mol. The fourth-order valence-corrected chi connectivity index (χ4v) is 2.32. The first kappa shape index (κ1) is 16.2. The number of nitrogens with one attached hydrogen (secondary N) is 1. The van der Waals surface area contributed by atoms with Gasteiger partial charge in [-0.05, 0) is 52.9 Å². The summed E-state index contributed by atoms with van der Waals surface area (Å²) >= 11 is 0. The molecule has 0 radical (unpaired) electrons. The van der Waals surface area contributed by atoms with E-state index >= 15 is 0 Å². The number of anilines is 1. The van der Waals surface area contributed by atoms with E-state index in [1.165, 1.54) is 18.4 Å². The summed E-state index contributed by atoms with van der Waals surface area (Å²) in [6.07, 6.45) is 5.87. The average Bonchev–Trinajstić information content (AvgIpc) is 3.20. The van der Waals surface area contributed by atoms with E-state index < -0.39 is 0 Å². The lowest BCUT2D eigenvalue weighted by Gasteiger charge is -2.24. The molecule has 0 spiro atoms. The second kappa shape index (κ2) is 6.73. The maximum Gasteiger partial charge on any atom is 0.225 e. The summed E-state index contributed by atoms with van der Waals surface area (Å²) in [5.74, 6) is 1.77. The number of nitrogens with zero attached hydrogens (tertiary/aromatic N) is 3. The molecule has 0 aliphatic heterocycles. The second-order valence-electron chi connectivity index (χ2n) is 7.27. The lowest BCUT2D eigenvalue weighted by Crippen LogP contribution is -2.35. The highest BCUT2D eigenvalue weighted by Gasteiger charge is 2.25. The minimum absolute atomic E-state index is 0.116. The van der Waals surface area contributed by atoms with Gasteiger partial charge in [0, 0.05) is 42.6 Å². The van der Waals surface area contributed by atoms with Gasteiger partial charge in [-0.1, -0.05) is 6.92 Å². The molecule has 1 heterocycles. The van der Waals surface area contributed by atoms with Crippen LogP contribution < -0.4 is 10.2 Å². The lowest BCUT2D eigenvalue weighted by atomic mass is 10.1. The van der Waals surface area contributed by atoms with Crippen LogP contribution in [0.5, 0.6) is 0 Å². The lowest BCUT2D eigenvalue weighted by molar-refractivity contribution is 0.423. The van der Waals surface area contributed by atoms with Crippen molar-refractivity contribution in [1.29, 1.82) is 0 Å². The van der Waals surface area contributed by atoms with E-state index in [0.717, 1.165) is 43.6 Å². The van der Waals surface area contributed by atoms with Gasteiger partial charge in [0.25, 0.3) is 0 Å². The molecule has 1 fully saturated rings. The molecule has 0 aromatic carbocycles. The molecular formula is C17H30N4. The number of aryl methyl sites for hydroxylation is 1. The number of aromatic nitrogens is 2. The highest BCUT2D eigenvalue weighted by atomic mass is 15.2. The van der Waals surface area contributed by atoms with E-state index in [-0.39, 0.29) is 5.54 Å². The Labute approximate surface area is 129 Å². The first-order valence-corrected chi connectivity index (χ1v) is 8.21. The fourth-order valence-electron chi connectivity index (χ4n) is 2.32. The van der Waals surface area contributed by atoms with E-state index in [1.807, 2.05) is 6.20 Å². The van der Waals surface area contributed by atoms with E-state index in [4.69, 9.17) is 4.98 Å². The molecule has 118 valence electrons. The Morgan fingerprint density at radius 2 is 2.05 bits per heavy atom. The number of hydrogen-bond acceptors (Lipinski definition) is 4. The summed E-state index contributed by atoms with van der Waals surface area (Å²) in [5.41, 5.74) is 2.40. The molecule has 1 aromatic rings. The predicted molar refractivity (Wildman–Crippen MR) is 88.6 cm³/mol. The summed E-state index contributed by atoms with van der Waals surface area (Å²) in [6.45, 7) is 13.8. The molecule has 21 heavy (non-hydrogen) atoms. The van der Waals surface area contributed by atoms with E-state index in [2.05, 4.69) is 49.8 Å². The largest absolute Gasteiger partial charge is 0.341 e. The van der Waals surface area contributed by atoms with Crippen LogP contribution in [0.25, 0.3) is 0 Å². The second-order valence-corrected chi connectivity index (χ2v) is 7.27. The zero-order chi connectivity index (χ0) is 15.5. The van der Waals surface area contributed by atoms with Crippen LogP contribution in [0, 0.1) is 12.8 Å². The van der Waals surface area contributed by atoms with Gasteiger partial charge in [-0.25, -0.2) is 9.97 Å². The quantitative estimate of drug-likeness (QED) is 0.836. The fraction of sp³-hybridized carbons (Fsp3) is 0.765. The number of rotatable bonds is 7. The zero-order valence-corrected chi connectivity index (χ0v) is 14.2. The standard InChI is InChI=1S/C17H30N4/c1-6-9-21(12-14-7-8-14)16-18-10-15(13(2)20-16)11-19-17(3,4)5/h10,14,19H,6-9,11-12H2,1-5H3. The van der Waals surface area contributed by atoms with Crippen molar-refractivity contribution in [2.45, 2.75) is 66.0 Å². The first-order valence-electron chi connectivity index (χ1n) is 8.21. The van der Waals surface area contributed by atoms with E-state index in [9.17, 15) is 0 Å². The SMILES string of the molecule is CCCN(CC1CC1)c1ncc(CNC(C)(C)C)c(C)n1. The van der Waals surface area contributed by atoms with Gasteiger partial charge in [0.1, 0.15) is 0 Å². The van der Waals surface area contributed by atoms with Crippen LogP contribution in [0.4, 0.5) is 5.95 Å². The predicted octanol–water partition coefficient (Wildman–Crippen LogP) is 3.30. The normalized spacial score (nSPS) is 15.3. The van der Waals surface area contributed by atoms with Crippen molar-refractivity contribution in [1.82, 2.24) is 15.3 Å². The maximum absolute atomic E-state index is 4.75. The molecule has 1 aliphatic carbocycles. The Morgan fingerprint density at radius 3 is 2.57 bits per heavy atom. The monoisotopic (exact) mass is 290 g/mol. The molecule has 1 aliphatic rings. The van der Waals surface area contributed by atoms with E-state index in [0.29, 0.717) is 0 Å². The maximum atomic E-state index is 4.75. The van der Waals surface area contributed by atoms with Crippen LogP contribution in [0.1, 0.15) is 58.2 Å². The smallest absolute Gasteiger partial charge is 0.225 e. The molecule has 0 unspecified atom stereocenters. The molecule has 0 bridgehead atoms. The highest BCUT2D eigenvalue weighted by molar-refractivity contribution is 5.33. The molecule has 4 heteroatoms. The summed E-state index contributed by atoms with van der Waals surface area (Å²) in [6, 6.07) is 0. The van der Waals surface area contributed by atoms with Crippen LogP contribution >= 0.6 is 0 Å². The van der Waals surface area contributed by atoms with Crippen molar-refractivity contribution >= 4 is 5.95 Å². The molecule has 4 nitrogen and oxygen atoms in total. The van der Waals surface area contributed by atoms with Gasteiger partial charge in [-0.2, -0.15) is 0 Å². The van der Waals surface area contributed by atoms with Crippen molar-refractivity contribution in [2.24, 2.45) is 5.92 Å². The Morgan fingerprint density at radius 1 is 1.33 bits per heavy atom. The minimum Gasteiger partial charge on any atom is -0.341 e. The van der Waals surface area contributed by atoms with Gasteiger partial charge in [-0.15, -0.1) is 0 Å². The van der Waals surface area contributed by atoms with Gasteiger partial charge in [0.15, 0.2) is 0 Å². The van der Waals surface area contributed by atoms with Crippen LogP contribution in [-0.2, 0) is 6.54 Å². The molecule has 1 saturated carbocycles. The van der Waals surface area contributed by atoms with Gasteiger partial charge < -0.3 is 10.2 Å². The Kier molecular flexibility index (Phi) is 5.20. The third kappa shape index (κ3) is 5.27. The summed E-state index contributed by atoms with van der Waals surface area (Å²) in [5, 5.41) is 3.50. The molecule has 1 N–H and O–H groups in total. The van der Waals surface area contributed by atoms with Crippen LogP contribution in [-0.4, -0.2) is 28.6 Å². The topological polar surface area (TPSA) is 41.1 Å². The molecule has 0 amide bonds. The Bertz CT molecular complexity index is 460. The van der Waals surface area contributed by atoms with Crippen molar-refractivity contribution in [2.75, 3.05) is 18.0 Å². The van der Waals surface area contributed by atoms with Gasteiger partial charge in [-0.3, -0.25) is 0 Å². The number of hydrogen-bond donors (Lipinski definition) is 1. The summed E-state index contributed by atoms with van der Waals surface area (Å²) < 4.78 is 0. The van der Waals surface area contributed by atoms with Gasteiger partial charge in [0.2, 0.25) is 5.95 Å². The van der Waals surface area contributed by atoms with Crippen molar-refractivity contribution in [3.8, 4) is 0 Å². The molecule has 2 rings (SSSR count). The van der Waals surface area contributed by atoms with Crippen LogP contribution in [0.2, 0.25) is 0 Å². The highest BCUT2D eigenvalue weighted by Crippen LogP contribution is 2.30. The van der Waals surface area contributed by atoms with Gasteiger partial charge in [0.05, 0.1) is 0 Å². The minimum atomic E-state index is 0.116. The van der Waals surface area contributed by atoms with Crippen LogP contribution in [0.15, 0.2) is 6.20 Å². The first-order chi connectivity index (χ1) is 9.89. The Hall–Kier alpha value is -1.16. The summed E-state index contributed by atoms with van der Waals surface area (Å²) in [4.78, 5) is 11.7. The molecule has 0 saturated heterocycles. The van der Waals surface area contributed by atoms with Crippen molar-refractivity contribution in [3.63, 3.8) is 0 Å². The molecule has 1 aromatic heterocycles. The average molecular weight is 290 g/mol. The van der Waals surface area contributed by atoms with Crippen molar-refractivity contribution < 1.29 is 0 Å².